The van der Waals surface area contributed by atoms with Gasteiger partial charge in [0, 0.05) is 29.8 Å². The summed E-state index contributed by atoms with van der Waals surface area (Å²) in [5, 5.41) is 8.85. The summed E-state index contributed by atoms with van der Waals surface area (Å²) in [5.74, 6) is 0.618. The molecular weight excluding hydrogens is 458 g/mol. The summed E-state index contributed by atoms with van der Waals surface area (Å²) in [5.41, 5.74) is 7.50. The van der Waals surface area contributed by atoms with E-state index in [1.165, 1.54) is 12.1 Å². The van der Waals surface area contributed by atoms with Crippen LogP contribution in [0.4, 0.5) is 0 Å². The molecule has 0 aliphatic carbocycles. The Kier molecular flexibility index (Phi) is 7.83. The van der Waals surface area contributed by atoms with E-state index in [0.29, 0.717) is 42.1 Å². The molecule has 10 nitrogen and oxygen atoms in total. The maximum Gasteiger partial charge on any atom is 0.262 e. The molecule has 12 heteroatoms. The van der Waals surface area contributed by atoms with Crippen LogP contribution in [0.1, 0.15) is 11.3 Å². The van der Waals surface area contributed by atoms with Crippen LogP contribution >= 0.6 is 12.4 Å². The van der Waals surface area contributed by atoms with Crippen LogP contribution < -0.4 is 15.4 Å². The highest BCUT2D eigenvalue weighted by molar-refractivity contribution is 7.89. The number of nitrogens with two attached hydrogens (primary N) is 1. The smallest absolute Gasteiger partial charge is 0.262 e. The minimum atomic E-state index is -3.77. The number of benzene rings is 2. The number of sulfonamides is 1. The Morgan fingerprint density at radius 1 is 1.16 bits per heavy atom. The first-order chi connectivity index (χ1) is 15.0. The van der Waals surface area contributed by atoms with Crippen LogP contribution in [-0.2, 0) is 34.6 Å². The predicted molar refractivity (Wildman–Crippen MR) is 118 cm³/mol. The van der Waals surface area contributed by atoms with Crippen molar-refractivity contribution >= 4 is 33.4 Å². The number of hydrogen-bond donors (Lipinski definition) is 2. The average Bonchev–Trinajstić information content (AvgIpc) is 3.41. The van der Waals surface area contributed by atoms with E-state index >= 15 is 0 Å². The van der Waals surface area contributed by atoms with Crippen LogP contribution in [0.15, 0.2) is 70.3 Å². The normalized spacial score (nSPS) is 11.4. The summed E-state index contributed by atoms with van der Waals surface area (Å²) >= 11 is 0. The second kappa shape index (κ2) is 10.6. The highest BCUT2D eigenvalue weighted by Crippen LogP contribution is 2.24. The minimum Gasteiger partial charge on any atom is -0.492 e. The van der Waals surface area contributed by atoms with Crippen molar-refractivity contribution in [2.24, 2.45) is 5.73 Å². The fourth-order valence-corrected chi connectivity index (χ4v) is 3.70. The van der Waals surface area contributed by atoms with Gasteiger partial charge in [-0.15, -0.1) is 12.4 Å². The van der Waals surface area contributed by atoms with Crippen molar-refractivity contribution < 1.29 is 22.5 Å². The summed E-state index contributed by atoms with van der Waals surface area (Å²) in [4.78, 5) is 7.35. The average molecular weight is 480 g/mol. The molecule has 0 saturated carbocycles. The van der Waals surface area contributed by atoms with Gasteiger partial charge in [-0.25, -0.2) is 8.42 Å². The number of ether oxygens (including phenoxy) is 1. The van der Waals surface area contributed by atoms with Crippen molar-refractivity contribution in [3.05, 3.63) is 72.2 Å². The number of fused-ring (bicyclic) bond motifs is 1. The summed E-state index contributed by atoms with van der Waals surface area (Å²) in [6, 6.07) is 13.2. The lowest BCUT2D eigenvalue weighted by Crippen LogP contribution is -2.24. The zero-order chi connectivity index (χ0) is 21.7. The number of nitrogens with one attached hydrogen (secondary N) is 1. The van der Waals surface area contributed by atoms with Crippen molar-refractivity contribution in [1.29, 1.82) is 0 Å². The molecular formula is C20H22ClN5O5S. The molecule has 0 spiro atoms. The van der Waals surface area contributed by atoms with Crippen LogP contribution in [0.5, 0.6) is 5.75 Å². The lowest BCUT2D eigenvalue weighted by molar-refractivity contribution is 0.0760. The SMILES string of the molecule is Cl.NCc1cnn(CCOc2ccc3c(CONS(=O)(=O)c4ccccc4)noc3c2)c1. The van der Waals surface area contributed by atoms with E-state index in [1.54, 1.807) is 47.3 Å². The molecule has 3 N–H and O–H groups in total. The molecule has 4 aromatic rings. The predicted octanol–water partition coefficient (Wildman–Crippen LogP) is 2.39. The summed E-state index contributed by atoms with van der Waals surface area (Å²) in [6.45, 7) is 1.35. The number of rotatable bonds is 10. The maximum absolute atomic E-state index is 12.2. The zero-order valence-corrected chi connectivity index (χ0v) is 18.5. The number of nitrogens with zero attached hydrogens (tertiary/aromatic N) is 3. The molecule has 4 rings (SSSR count). The van der Waals surface area contributed by atoms with E-state index in [2.05, 4.69) is 15.1 Å². The first-order valence-electron chi connectivity index (χ1n) is 9.46. The van der Waals surface area contributed by atoms with Crippen LogP contribution in [0, 0.1) is 0 Å². The largest absolute Gasteiger partial charge is 0.492 e. The molecule has 0 aliphatic heterocycles. The summed E-state index contributed by atoms with van der Waals surface area (Å²) in [6.07, 6.45) is 3.60. The zero-order valence-electron chi connectivity index (χ0n) is 16.9. The molecule has 0 fully saturated rings. The van der Waals surface area contributed by atoms with Gasteiger partial charge >= 0.3 is 0 Å². The number of aromatic nitrogens is 3. The fourth-order valence-electron chi connectivity index (χ4n) is 2.88. The molecule has 32 heavy (non-hydrogen) atoms. The first kappa shape index (κ1) is 23.7. The van der Waals surface area contributed by atoms with Gasteiger partial charge in [-0.1, -0.05) is 28.2 Å². The number of hydrogen-bond acceptors (Lipinski definition) is 8. The van der Waals surface area contributed by atoms with E-state index in [-0.39, 0.29) is 23.9 Å². The topological polar surface area (TPSA) is 134 Å². The Bertz CT molecular complexity index is 1260. The van der Waals surface area contributed by atoms with Crippen molar-refractivity contribution in [3.8, 4) is 5.75 Å². The molecule has 2 aromatic heterocycles. The van der Waals surface area contributed by atoms with Crippen LogP contribution in [0.3, 0.4) is 0 Å². The Balaban J connectivity index is 0.00000289. The van der Waals surface area contributed by atoms with Gasteiger partial charge in [-0.3, -0.25) is 9.52 Å². The van der Waals surface area contributed by atoms with Gasteiger partial charge in [0.1, 0.15) is 24.7 Å². The molecule has 0 bridgehead atoms. The van der Waals surface area contributed by atoms with Crippen molar-refractivity contribution in [2.45, 2.75) is 24.6 Å². The van der Waals surface area contributed by atoms with E-state index < -0.39 is 10.0 Å². The van der Waals surface area contributed by atoms with Crippen molar-refractivity contribution in [3.63, 3.8) is 0 Å². The first-order valence-corrected chi connectivity index (χ1v) is 10.9. The summed E-state index contributed by atoms with van der Waals surface area (Å²) in [7, 11) is -3.77. The van der Waals surface area contributed by atoms with Gasteiger partial charge < -0.3 is 15.0 Å². The third kappa shape index (κ3) is 5.64. The third-order valence-electron chi connectivity index (χ3n) is 4.46. The summed E-state index contributed by atoms with van der Waals surface area (Å²) < 4.78 is 37.2. The van der Waals surface area contributed by atoms with Crippen LogP contribution in [0.2, 0.25) is 0 Å². The Morgan fingerprint density at radius 2 is 1.97 bits per heavy atom. The van der Waals surface area contributed by atoms with Gasteiger partial charge in [-0.05, 0) is 24.3 Å². The molecule has 2 heterocycles. The molecule has 0 saturated heterocycles. The standard InChI is InChI=1S/C20H21N5O5S.ClH/c21-11-15-12-22-25(13-15)8-9-28-16-6-7-18-19(23-30-20(18)10-16)14-29-24-31(26,27)17-4-2-1-3-5-17;/h1-7,10,12-13,24H,8-9,11,14,21H2;1H. The van der Waals surface area contributed by atoms with E-state index in [0.717, 1.165) is 5.56 Å². The molecule has 0 radical (unpaired) electrons. The molecule has 0 aliphatic rings. The van der Waals surface area contributed by atoms with E-state index in [4.69, 9.17) is 19.8 Å². The van der Waals surface area contributed by atoms with Gasteiger partial charge in [0.15, 0.2) is 5.58 Å². The lowest BCUT2D eigenvalue weighted by Gasteiger charge is -2.07. The Hall–Kier alpha value is -2.96. The Labute approximate surface area is 190 Å². The van der Waals surface area contributed by atoms with Crippen molar-refractivity contribution in [2.75, 3.05) is 6.61 Å². The highest BCUT2D eigenvalue weighted by atomic mass is 35.5. The van der Waals surface area contributed by atoms with Gasteiger partial charge in [0.05, 0.1) is 17.6 Å². The number of halogens is 1. The van der Waals surface area contributed by atoms with Crippen molar-refractivity contribution in [1.82, 2.24) is 19.8 Å². The quantitative estimate of drug-likeness (QED) is 0.331. The lowest BCUT2D eigenvalue weighted by atomic mass is 10.2. The van der Waals surface area contributed by atoms with Gasteiger partial charge in [0.2, 0.25) is 0 Å². The molecule has 0 amide bonds. The third-order valence-corrected chi connectivity index (χ3v) is 5.69. The minimum absolute atomic E-state index is 0. The molecule has 0 unspecified atom stereocenters. The molecule has 2 aromatic carbocycles. The molecule has 0 atom stereocenters. The van der Waals surface area contributed by atoms with Gasteiger partial charge in [-0.2, -0.15) is 5.10 Å². The van der Waals surface area contributed by atoms with Crippen LogP contribution in [-0.4, -0.2) is 30.0 Å². The molecule has 170 valence electrons. The maximum atomic E-state index is 12.2. The monoisotopic (exact) mass is 479 g/mol. The second-order valence-electron chi connectivity index (χ2n) is 6.64. The van der Waals surface area contributed by atoms with Gasteiger partial charge in [0.25, 0.3) is 10.0 Å². The van der Waals surface area contributed by atoms with Crippen LogP contribution in [0.25, 0.3) is 11.0 Å². The van der Waals surface area contributed by atoms with E-state index in [9.17, 15) is 8.42 Å². The fraction of sp³-hybridized carbons (Fsp3) is 0.200. The second-order valence-corrected chi connectivity index (χ2v) is 8.28. The Morgan fingerprint density at radius 3 is 2.72 bits per heavy atom. The van der Waals surface area contributed by atoms with E-state index in [1.807, 2.05) is 6.20 Å². The highest BCUT2D eigenvalue weighted by Gasteiger charge is 2.15.